The molecule has 1 aromatic heterocycles. The molecule has 1 aliphatic rings. The van der Waals surface area contributed by atoms with Crippen LogP contribution < -0.4 is 10.1 Å². The minimum atomic E-state index is -0.875. The van der Waals surface area contributed by atoms with Gasteiger partial charge in [0.15, 0.2) is 0 Å². The number of aromatic amines is 1. The molecule has 1 amide bonds. The lowest BCUT2D eigenvalue weighted by Gasteiger charge is -2.15. The highest BCUT2D eigenvalue weighted by Crippen LogP contribution is 2.45. The predicted molar refractivity (Wildman–Crippen MR) is 106 cm³/mol. The number of para-hydroxylation sites is 1. The number of amides is 1. The Labute approximate surface area is 166 Å². The SMILES string of the molecule is COC(=O)c1c(C)[nH]c(-c2ccccc2OC)c1[C@@H]1C(=O)Nc2ccc(F)cc21. The first-order valence-corrected chi connectivity index (χ1v) is 9.00. The average Bonchev–Trinajstić information content (AvgIpc) is 3.22. The van der Waals surface area contributed by atoms with Gasteiger partial charge in [-0.05, 0) is 42.8 Å². The number of halogens is 1. The van der Waals surface area contributed by atoms with Gasteiger partial charge in [0, 0.05) is 22.5 Å². The zero-order chi connectivity index (χ0) is 20.7. The van der Waals surface area contributed by atoms with Crippen molar-refractivity contribution in [1.29, 1.82) is 0 Å². The number of nitrogens with one attached hydrogen (secondary N) is 2. The summed E-state index contributed by atoms with van der Waals surface area (Å²) in [5, 5.41) is 2.77. The zero-order valence-electron chi connectivity index (χ0n) is 16.1. The lowest BCUT2D eigenvalue weighted by Crippen LogP contribution is -2.17. The molecule has 2 heterocycles. The average molecular weight is 394 g/mol. The minimum absolute atomic E-state index is 0.255. The number of aromatic nitrogens is 1. The van der Waals surface area contributed by atoms with E-state index in [1.807, 2.05) is 18.2 Å². The van der Waals surface area contributed by atoms with E-state index in [9.17, 15) is 14.0 Å². The third-order valence-electron chi connectivity index (χ3n) is 5.13. The van der Waals surface area contributed by atoms with Crippen molar-refractivity contribution in [3.05, 3.63) is 70.7 Å². The Kier molecular flexibility index (Phi) is 4.58. The minimum Gasteiger partial charge on any atom is -0.496 e. The molecular formula is C22H19FN2O4. The summed E-state index contributed by atoms with van der Waals surface area (Å²) < 4.78 is 24.4. The van der Waals surface area contributed by atoms with Crippen LogP contribution in [0.2, 0.25) is 0 Å². The number of rotatable bonds is 4. The zero-order valence-corrected chi connectivity index (χ0v) is 16.1. The van der Waals surface area contributed by atoms with Crippen molar-refractivity contribution in [1.82, 2.24) is 4.98 Å². The maximum Gasteiger partial charge on any atom is 0.340 e. The molecule has 0 saturated heterocycles. The van der Waals surface area contributed by atoms with E-state index >= 15 is 0 Å². The number of carbonyl (C=O) groups excluding carboxylic acids is 2. The third-order valence-corrected chi connectivity index (χ3v) is 5.13. The fourth-order valence-electron chi connectivity index (χ4n) is 3.88. The highest BCUT2D eigenvalue weighted by Gasteiger charge is 2.39. The highest BCUT2D eigenvalue weighted by molar-refractivity contribution is 6.08. The van der Waals surface area contributed by atoms with Gasteiger partial charge in [0.2, 0.25) is 5.91 Å². The van der Waals surface area contributed by atoms with Crippen LogP contribution in [-0.2, 0) is 9.53 Å². The molecular weight excluding hydrogens is 375 g/mol. The maximum absolute atomic E-state index is 14.0. The highest BCUT2D eigenvalue weighted by atomic mass is 19.1. The van der Waals surface area contributed by atoms with E-state index in [2.05, 4.69) is 10.3 Å². The molecule has 3 aromatic rings. The summed E-state index contributed by atoms with van der Waals surface area (Å²) in [5.74, 6) is -1.68. The van der Waals surface area contributed by atoms with Crippen LogP contribution in [0.4, 0.5) is 10.1 Å². The maximum atomic E-state index is 14.0. The Morgan fingerprint density at radius 2 is 1.90 bits per heavy atom. The number of benzene rings is 2. The Balaban J connectivity index is 2.04. The first-order chi connectivity index (χ1) is 14.0. The van der Waals surface area contributed by atoms with Crippen molar-refractivity contribution in [3.8, 4) is 17.0 Å². The molecule has 0 saturated carbocycles. The second-order valence-corrected chi connectivity index (χ2v) is 6.76. The summed E-state index contributed by atoms with van der Waals surface area (Å²) in [6.45, 7) is 1.73. The quantitative estimate of drug-likeness (QED) is 0.656. The number of anilines is 1. The van der Waals surface area contributed by atoms with Crippen LogP contribution in [0.1, 0.15) is 33.1 Å². The van der Waals surface area contributed by atoms with Crippen molar-refractivity contribution in [2.24, 2.45) is 0 Å². The topological polar surface area (TPSA) is 80.4 Å². The molecule has 2 N–H and O–H groups in total. The van der Waals surface area contributed by atoms with Crippen molar-refractivity contribution >= 4 is 17.6 Å². The number of H-pyrrole nitrogens is 1. The van der Waals surface area contributed by atoms with Gasteiger partial charge in [0.25, 0.3) is 0 Å². The van der Waals surface area contributed by atoms with E-state index in [1.54, 1.807) is 20.1 Å². The first kappa shape index (κ1) is 18.7. The molecule has 29 heavy (non-hydrogen) atoms. The summed E-state index contributed by atoms with van der Waals surface area (Å²) in [7, 11) is 2.83. The number of hydrogen-bond donors (Lipinski definition) is 2. The smallest absolute Gasteiger partial charge is 0.340 e. The summed E-state index contributed by atoms with van der Waals surface area (Å²) in [6.07, 6.45) is 0. The van der Waals surface area contributed by atoms with Gasteiger partial charge in [-0.15, -0.1) is 0 Å². The lowest BCUT2D eigenvalue weighted by atomic mass is 9.87. The summed E-state index contributed by atoms with van der Waals surface area (Å²) in [5.41, 5.74) is 3.45. The molecule has 0 radical (unpaired) electrons. The van der Waals surface area contributed by atoms with Gasteiger partial charge in [0.05, 0.1) is 31.4 Å². The van der Waals surface area contributed by atoms with Crippen LogP contribution in [0.25, 0.3) is 11.3 Å². The van der Waals surface area contributed by atoms with Crippen LogP contribution in [0, 0.1) is 12.7 Å². The van der Waals surface area contributed by atoms with E-state index in [4.69, 9.17) is 9.47 Å². The van der Waals surface area contributed by atoms with E-state index in [0.717, 1.165) is 0 Å². The van der Waals surface area contributed by atoms with Gasteiger partial charge in [0.1, 0.15) is 11.6 Å². The first-order valence-electron chi connectivity index (χ1n) is 9.00. The Hall–Kier alpha value is -3.61. The number of methoxy groups -OCH3 is 2. The van der Waals surface area contributed by atoms with E-state index in [0.29, 0.717) is 39.5 Å². The van der Waals surface area contributed by atoms with Gasteiger partial charge in [-0.1, -0.05) is 12.1 Å². The molecule has 2 aromatic carbocycles. The summed E-state index contributed by atoms with van der Waals surface area (Å²) in [6, 6.07) is 11.4. The molecule has 4 rings (SSSR count). The number of fused-ring (bicyclic) bond motifs is 1. The van der Waals surface area contributed by atoms with Crippen LogP contribution in [0.5, 0.6) is 5.75 Å². The van der Waals surface area contributed by atoms with Gasteiger partial charge in [-0.25, -0.2) is 9.18 Å². The molecule has 0 unspecified atom stereocenters. The van der Waals surface area contributed by atoms with Crippen molar-refractivity contribution in [3.63, 3.8) is 0 Å². The predicted octanol–water partition coefficient (Wildman–Crippen LogP) is 4.01. The molecule has 0 aliphatic carbocycles. The van der Waals surface area contributed by atoms with Gasteiger partial charge in [-0.2, -0.15) is 0 Å². The number of ether oxygens (including phenoxy) is 2. The van der Waals surface area contributed by atoms with Gasteiger partial charge < -0.3 is 19.8 Å². The van der Waals surface area contributed by atoms with Crippen molar-refractivity contribution in [2.75, 3.05) is 19.5 Å². The number of esters is 1. The fourth-order valence-corrected chi connectivity index (χ4v) is 3.88. The van der Waals surface area contributed by atoms with Crippen LogP contribution in [-0.4, -0.2) is 31.1 Å². The van der Waals surface area contributed by atoms with Crippen LogP contribution in [0.15, 0.2) is 42.5 Å². The third kappa shape index (κ3) is 2.95. The van der Waals surface area contributed by atoms with E-state index in [1.165, 1.54) is 25.3 Å². The van der Waals surface area contributed by atoms with E-state index in [-0.39, 0.29) is 11.5 Å². The summed E-state index contributed by atoms with van der Waals surface area (Å²) >= 11 is 0. The molecule has 0 spiro atoms. The largest absolute Gasteiger partial charge is 0.496 e. The van der Waals surface area contributed by atoms with E-state index < -0.39 is 17.7 Å². The normalized spacial score (nSPS) is 15.0. The Bertz CT molecular complexity index is 1140. The molecule has 0 bridgehead atoms. The molecule has 7 heteroatoms. The summed E-state index contributed by atoms with van der Waals surface area (Å²) in [4.78, 5) is 28.7. The lowest BCUT2D eigenvalue weighted by molar-refractivity contribution is -0.116. The number of hydrogen-bond acceptors (Lipinski definition) is 4. The van der Waals surface area contributed by atoms with Crippen molar-refractivity contribution in [2.45, 2.75) is 12.8 Å². The fraction of sp³-hybridized carbons (Fsp3) is 0.182. The Morgan fingerprint density at radius 3 is 2.62 bits per heavy atom. The molecule has 148 valence electrons. The molecule has 6 nitrogen and oxygen atoms in total. The second kappa shape index (κ2) is 7.09. The standard InChI is InChI=1S/C22H19FN2O4/c1-11-17(22(27)29-3)19(20(24-11)13-6-4-5-7-16(13)28-2)18-14-10-12(23)8-9-15(14)25-21(18)26/h4-10,18,24H,1-3H3,(H,25,26)/t18-/m1/s1. The number of carbonyl (C=O) groups is 2. The molecule has 1 atom stereocenters. The Morgan fingerprint density at radius 1 is 1.14 bits per heavy atom. The second-order valence-electron chi connectivity index (χ2n) is 6.76. The molecule has 0 fully saturated rings. The van der Waals surface area contributed by atoms with Crippen LogP contribution >= 0.6 is 0 Å². The van der Waals surface area contributed by atoms with Gasteiger partial charge in [-0.3, -0.25) is 4.79 Å². The van der Waals surface area contributed by atoms with Gasteiger partial charge >= 0.3 is 5.97 Å². The van der Waals surface area contributed by atoms with Crippen molar-refractivity contribution < 1.29 is 23.5 Å². The number of aryl methyl sites for hydroxylation is 1. The van der Waals surface area contributed by atoms with Crippen LogP contribution in [0.3, 0.4) is 0 Å². The monoisotopic (exact) mass is 394 g/mol. The molecule has 1 aliphatic heterocycles.